The quantitative estimate of drug-likeness (QED) is 0.797. The highest BCUT2D eigenvalue weighted by Crippen LogP contribution is 2.26. The maximum Gasteiger partial charge on any atom is 0.303 e. The minimum Gasteiger partial charge on any atom is -0.481 e. The van der Waals surface area contributed by atoms with Crippen molar-refractivity contribution in [1.29, 1.82) is 0 Å². The van der Waals surface area contributed by atoms with Crippen molar-refractivity contribution >= 4 is 33.5 Å². The number of benzene rings is 1. The number of ether oxygens (including phenoxy) is 1. The molecular formula is C14H18BrNO4. The van der Waals surface area contributed by atoms with Gasteiger partial charge in [-0.05, 0) is 18.1 Å². The molecule has 0 radical (unpaired) electrons. The van der Waals surface area contributed by atoms with Gasteiger partial charge in [0, 0.05) is 35.7 Å². The average molecular weight is 344 g/mol. The van der Waals surface area contributed by atoms with E-state index in [2.05, 4.69) is 21.2 Å². The van der Waals surface area contributed by atoms with E-state index >= 15 is 0 Å². The molecule has 1 atom stereocenters. The highest BCUT2D eigenvalue weighted by molar-refractivity contribution is 9.10. The van der Waals surface area contributed by atoms with Crippen LogP contribution in [0.2, 0.25) is 0 Å². The summed E-state index contributed by atoms with van der Waals surface area (Å²) < 4.78 is 5.96. The number of carboxylic acid groups (broad SMARTS) is 1. The van der Waals surface area contributed by atoms with Crippen LogP contribution in [0.15, 0.2) is 22.7 Å². The van der Waals surface area contributed by atoms with E-state index in [1.165, 1.54) is 0 Å². The molecule has 1 amide bonds. The van der Waals surface area contributed by atoms with Crippen LogP contribution in [0.5, 0.6) is 0 Å². The van der Waals surface area contributed by atoms with Gasteiger partial charge in [0.05, 0.1) is 6.61 Å². The van der Waals surface area contributed by atoms with Crippen molar-refractivity contribution in [2.75, 3.05) is 12.4 Å². The zero-order valence-corrected chi connectivity index (χ0v) is 13.1. The highest BCUT2D eigenvalue weighted by Gasteiger charge is 2.14. The third-order valence-electron chi connectivity index (χ3n) is 2.74. The van der Waals surface area contributed by atoms with Gasteiger partial charge in [0.1, 0.15) is 0 Å². The van der Waals surface area contributed by atoms with Crippen LogP contribution in [0.25, 0.3) is 0 Å². The van der Waals surface area contributed by atoms with E-state index in [-0.39, 0.29) is 24.7 Å². The number of rotatable bonds is 7. The highest BCUT2D eigenvalue weighted by atomic mass is 79.9. The van der Waals surface area contributed by atoms with Crippen molar-refractivity contribution in [3.8, 4) is 0 Å². The molecule has 0 bridgehead atoms. The summed E-state index contributed by atoms with van der Waals surface area (Å²) in [6.45, 7) is 2.12. The summed E-state index contributed by atoms with van der Waals surface area (Å²) >= 11 is 3.41. The minimum atomic E-state index is -0.896. The maximum absolute atomic E-state index is 11.9. The predicted octanol–water partition coefficient (Wildman–Crippen LogP) is 3.03. The number of hydrogen-bond acceptors (Lipinski definition) is 3. The van der Waals surface area contributed by atoms with Gasteiger partial charge in [-0.15, -0.1) is 0 Å². The molecule has 0 saturated carbocycles. The lowest BCUT2D eigenvalue weighted by Gasteiger charge is -2.14. The molecule has 0 heterocycles. The van der Waals surface area contributed by atoms with Gasteiger partial charge in [-0.1, -0.05) is 28.9 Å². The fourth-order valence-electron chi connectivity index (χ4n) is 1.85. The largest absolute Gasteiger partial charge is 0.481 e. The molecule has 1 unspecified atom stereocenters. The fourth-order valence-corrected chi connectivity index (χ4v) is 2.34. The Kier molecular flexibility index (Phi) is 6.67. The topological polar surface area (TPSA) is 75.6 Å². The number of nitrogens with one attached hydrogen (secondary N) is 1. The minimum absolute atomic E-state index is 0.0170. The maximum atomic E-state index is 11.9. The molecule has 0 aliphatic rings. The van der Waals surface area contributed by atoms with Gasteiger partial charge in [0.2, 0.25) is 5.91 Å². The van der Waals surface area contributed by atoms with Crippen molar-refractivity contribution in [3.63, 3.8) is 0 Å². The van der Waals surface area contributed by atoms with Crippen LogP contribution in [0, 0.1) is 5.92 Å². The summed E-state index contributed by atoms with van der Waals surface area (Å²) in [5.41, 5.74) is 1.53. The number of aliphatic carboxylic acids is 1. The second-order valence-electron chi connectivity index (χ2n) is 4.65. The lowest BCUT2D eigenvalue weighted by molar-refractivity contribution is -0.138. The second-order valence-corrected chi connectivity index (χ2v) is 5.51. The summed E-state index contributed by atoms with van der Waals surface area (Å²) in [6, 6.07) is 5.48. The van der Waals surface area contributed by atoms with Crippen molar-refractivity contribution in [2.45, 2.75) is 26.4 Å². The van der Waals surface area contributed by atoms with E-state index in [1.54, 1.807) is 20.1 Å². The smallest absolute Gasteiger partial charge is 0.303 e. The van der Waals surface area contributed by atoms with Crippen LogP contribution in [-0.4, -0.2) is 24.1 Å². The average Bonchev–Trinajstić information content (AvgIpc) is 2.32. The number of carboxylic acids is 1. The first-order chi connectivity index (χ1) is 9.43. The molecule has 0 saturated heterocycles. The summed E-state index contributed by atoms with van der Waals surface area (Å²) in [5, 5.41) is 11.5. The number of hydrogen-bond donors (Lipinski definition) is 2. The Bertz CT molecular complexity index is 490. The van der Waals surface area contributed by atoms with Crippen LogP contribution < -0.4 is 5.32 Å². The molecule has 1 aromatic carbocycles. The second kappa shape index (κ2) is 8.01. The number of amides is 1. The number of halogens is 1. The molecule has 110 valence electrons. The Hall–Kier alpha value is -1.40. The van der Waals surface area contributed by atoms with E-state index < -0.39 is 5.97 Å². The summed E-state index contributed by atoms with van der Waals surface area (Å²) in [5.74, 6) is -1.30. The van der Waals surface area contributed by atoms with Gasteiger partial charge < -0.3 is 15.2 Å². The Morgan fingerprint density at radius 1 is 1.40 bits per heavy atom. The molecule has 0 aromatic heterocycles. The zero-order valence-electron chi connectivity index (χ0n) is 11.5. The number of anilines is 1. The number of methoxy groups -OCH3 is 1. The first kappa shape index (κ1) is 16.7. The Labute approximate surface area is 126 Å². The lowest BCUT2D eigenvalue weighted by atomic mass is 10.0. The van der Waals surface area contributed by atoms with E-state index in [0.717, 1.165) is 10.0 Å². The molecule has 20 heavy (non-hydrogen) atoms. The fraction of sp³-hybridized carbons (Fsp3) is 0.429. The Morgan fingerprint density at radius 3 is 2.70 bits per heavy atom. The van der Waals surface area contributed by atoms with Gasteiger partial charge in [0.25, 0.3) is 0 Å². The predicted molar refractivity (Wildman–Crippen MR) is 79.5 cm³/mol. The molecule has 0 spiro atoms. The zero-order chi connectivity index (χ0) is 15.1. The molecule has 6 heteroatoms. The van der Waals surface area contributed by atoms with E-state index in [0.29, 0.717) is 12.3 Å². The van der Waals surface area contributed by atoms with Gasteiger partial charge in [-0.25, -0.2) is 0 Å². The Morgan fingerprint density at radius 2 is 2.10 bits per heavy atom. The number of carbonyl (C=O) groups is 2. The summed E-state index contributed by atoms with van der Waals surface area (Å²) in [7, 11) is 1.58. The molecule has 1 aromatic rings. The van der Waals surface area contributed by atoms with E-state index in [1.807, 2.05) is 12.1 Å². The molecule has 0 aliphatic carbocycles. The van der Waals surface area contributed by atoms with E-state index in [4.69, 9.17) is 9.84 Å². The summed E-state index contributed by atoms with van der Waals surface area (Å²) in [6.07, 6.45) is 0.155. The first-order valence-corrected chi connectivity index (χ1v) is 7.01. The van der Waals surface area contributed by atoms with Crippen molar-refractivity contribution in [2.24, 2.45) is 5.92 Å². The van der Waals surface area contributed by atoms with Crippen molar-refractivity contribution in [3.05, 3.63) is 28.2 Å². The Balaban J connectivity index is 2.70. The molecular weight excluding hydrogens is 326 g/mol. The van der Waals surface area contributed by atoms with Crippen LogP contribution in [0.4, 0.5) is 5.69 Å². The van der Waals surface area contributed by atoms with E-state index in [9.17, 15) is 9.59 Å². The normalized spacial score (nSPS) is 11.9. The standard InChI is InChI=1S/C14H18BrNO4/c1-9(7-14(18)19)6-13(17)16-12-5-3-4-11(15)10(12)8-20-2/h3-5,9H,6-8H2,1-2H3,(H,16,17)(H,18,19). The van der Waals surface area contributed by atoms with Crippen molar-refractivity contribution in [1.82, 2.24) is 0 Å². The third kappa shape index (κ3) is 5.30. The monoisotopic (exact) mass is 343 g/mol. The summed E-state index contributed by atoms with van der Waals surface area (Å²) in [4.78, 5) is 22.5. The van der Waals surface area contributed by atoms with Gasteiger partial charge in [0.15, 0.2) is 0 Å². The first-order valence-electron chi connectivity index (χ1n) is 6.22. The molecule has 0 aliphatic heterocycles. The van der Waals surface area contributed by atoms with Gasteiger partial charge in [-0.3, -0.25) is 9.59 Å². The van der Waals surface area contributed by atoms with Crippen molar-refractivity contribution < 1.29 is 19.4 Å². The SMILES string of the molecule is COCc1c(Br)cccc1NC(=O)CC(C)CC(=O)O. The van der Waals surface area contributed by atoms with Crippen LogP contribution in [-0.2, 0) is 20.9 Å². The third-order valence-corrected chi connectivity index (χ3v) is 3.48. The molecule has 2 N–H and O–H groups in total. The molecule has 5 nitrogen and oxygen atoms in total. The molecule has 0 fully saturated rings. The molecule has 1 rings (SSSR count). The van der Waals surface area contributed by atoms with Crippen LogP contribution in [0.3, 0.4) is 0 Å². The lowest BCUT2D eigenvalue weighted by Crippen LogP contribution is -2.18. The van der Waals surface area contributed by atoms with Crippen LogP contribution >= 0.6 is 15.9 Å². The van der Waals surface area contributed by atoms with Gasteiger partial charge >= 0.3 is 5.97 Å². The van der Waals surface area contributed by atoms with Crippen LogP contribution in [0.1, 0.15) is 25.3 Å². The van der Waals surface area contributed by atoms with Gasteiger partial charge in [-0.2, -0.15) is 0 Å². The number of carbonyl (C=O) groups excluding carboxylic acids is 1.